The molecule has 2 aromatic heterocycles. The molecule has 0 radical (unpaired) electrons. The van der Waals surface area contributed by atoms with Gasteiger partial charge in [0.1, 0.15) is 5.82 Å². The molecule has 0 unspecified atom stereocenters. The van der Waals surface area contributed by atoms with Crippen molar-refractivity contribution in [3.63, 3.8) is 0 Å². The molecule has 0 saturated carbocycles. The van der Waals surface area contributed by atoms with Gasteiger partial charge in [-0.2, -0.15) is 0 Å². The van der Waals surface area contributed by atoms with Gasteiger partial charge in [-0.15, -0.1) is 0 Å². The summed E-state index contributed by atoms with van der Waals surface area (Å²) in [6.45, 7) is 3.88. The molecule has 10 heteroatoms. The van der Waals surface area contributed by atoms with E-state index in [1.807, 2.05) is 11.1 Å². The van der Waals surface area contributed by atoms with E-state index in [2.05, 4.69) is 55.4 Å². The lowest BCUT2D eigenvalue weighted by atomic mass is 9.89. The number of likely N-dealkylation sites (tertiary alicyclic amines) is 1. The summed E-state index contributed by atoms with van der Waals surface area (Å²) >= 11 is 0. The van der Waals surface area contributed by atoms with Crippen LogP contribution in [0.15, 0.2) is 61.1 Å². The van der Waals surface area contributed by atoms with Crippen LogP contribution >= 0.6 is 0 Å². The van der Waals surface area contributed by atoms with Gasteiger partial charge in [0.05, 0.1) is 6.54 Å². The smallest absolute Gasteiger partial charge is 0.226 e. The van der Waals surface area contributed by atoms with Crippen LogP contribution in [0.4, 0.5) is 13.2 Å². The van der Waals surface area contributed by atoms with Crippen molar-refractivity contribution in [3.8, 4) is 0 Å². The van der Waals surface area contributed by atoms with Crippen LogP contribution in [0.25, 0.3) is 17.0 Å². The first-order chi connectivity index (χ1) is 20.5. The number of imidazole rings is 1. The third-order valence-electron chi connectivity index (χ3n) is 8.61. The second-order valence-corrected chi connectivity index (χ2v) is 11.2. The fourth-order valence-electron chi connectivity index (χ4n) is 6.37. The van der Waals surface area contributed by atoms with Gasteiger partial charge in [0.2, 0.25) is 5.91 Å². The first kappa shape index (κ1) is 28.2. The third-order valence-corrected chi connectivity index (χ3v) is 8.61. The van der Waals surface area contributed by atoms with Gasteiger partial charge in [-0.05, 0) is 60.9 Å². The average Bonchev–Trinajstić information content (AvgIpc) is 3.69. The minimum absolute atomic E-state index is 0.0371. The lowest BCUT2D eigenvalue weighted by molar-refractivity contribution is -0.135. The lowest BCUT2D eigenvalue weighted by Crippen LogP contribution is -2.54. The quantitative estimate of drug-likeness (QED) is 0.253. The molecule has 6 rings (SSSR count). The number of hydrogen-bond acceptors (Lipinski definition) is 4. The summed E-state index contributed by atoms with van der Waals surface area (Å²) in [5.41, 5.74) is 2.77. The second kappa shape index (κ2) is 12.5. The number of nitrogens with one attached hydrogen (secondary N) is 2. The van der Waals surface area contributed by atoms with Gasteiger partial charge < -0.3 is 14.9 Å². The fraction of sp³-hybridized carbons (Fsp3) is 0.375. The van der Waals surface area contributed by atoms with E-state index < -0.39 is 17.5 Å². The number of carbonyl (C=O) groups excluding carboxylic acids is 1. The highest BCUT2D eigenvalue weighted by Crippen LogP contribution is 2.34. The highest BCUT2D eigenvalue weighted by molar-refractivity contribution is 5.83. The Hall–Kier alpha value is -3.89. The monoisotopic (exact) mass is 576 g/mol. The zero-order chi connectivity index (χ0) is 29.1. The molecule has 220 valence electrons. The predicted octanol–water partition coefficient (Wildman–Crippen LogP) is 6.00. The number of hydrazine groups is 1. The molecule has 0 aliphatic carbocycles. The molecule has 1 amide bonds. The standard InChI is InChI=1S/C32H35F3N6O/c33-27-18-22(19-28(34)32(27)35)4-3-7-31(42)39-14-10-24(11-15-39)41(21-30-36-12-13-37-30)40-16-8-23(9-17-40)26-20-38-29-6-2-1-5-25(26)29/h1-6,12-13,18-20,23-24,38H,7-11,14-17,21H2,(H,36,37)/b4-3+. The molecule has 2 aliphatic heterocycles. The topological polar surface area (TPSA) is 71.3 Å². The molecule has 42 heavy (non-hydrogen) atoms. The highest BCUT2D eigenvalue weighted by Gasteiger charge is 2.33. The first-order valence-electron chi connectivity index (χ1n) is 14.6. The van der Waals surface area contributed by atoms with E-state index in [0.717, 1.165) is 56.7 Å². The van der Waals surface area contributed by atoms with Crippen LogP contribution in [0, 0.1) is 17.5 Å². The number of para-hydroxylation sites is 1. The Morgan fingerprint density at radius 1 is 1.00 bits per heavy atom. The molecular weight excluding hydrogens is 541 g/mol. The van der Waals surface area contributed by atoms with E-state index in [-0.39, 0.29) is 23.9 Å². The first-order valence-corrected chi connectivity index (χ1v) is 14.6. The van der Waals surface area contributed by atoms with Gasteiger partial charge in [0, 0.05) is 68.1 Å². The molecule has 0 bridgehead atoms. The number of carbonyl (C=O) groups is 1. The van der Waals surface area contributed by atoms with Crippen LogP contribution in [0.3, 0.4) is 0 Å². The maximum atomic E-state index is 13.5. The predicted molar refractivity (Wildman–Crippen MR) is 156 cm³/mol. The van der Waals surface area contributed by atoms with Gasteiger partial charge in [0.25, 0.3) is 0 Å². The number of aromatic amines is 2. The van der Waals surface area contributed by atoms with Crippen LogP contribution < -0.4 is 0 Å². The molecule has 0 atom stereocenters. The molecule has 7 nitrogen and oxygen atoms in total. The Bertz CT molecular complexity index is 1510. The summed E-state index contributed by atoms with van der Waals surface area (Å²) < 4.78 is 40.1. The Labute approximate surface area is 243 Å². The SMILES string of the molecule is O=C(C/C=C/c1cc(F)c(F)c(F)c1)N1CCC(N(Cc2ncc[nH]2)N2CCC(c3c[nH]c4ccccc34)CC2)CC1. The molecular formula is C32H35F3N6O. The van der Waals surface area contributed by atoms with Crippen molar-refractivity contribution >= 4 is 22.9 Å². The normalized spacial score (nSPS) is 17.7. The minimum atomic E-state index is -1.49. The van der Waals surface area contributed by atoms with E-state index in [1.165, 1.54) is 22.5 Å². The van der Waals surface area contributed by atoms with E-state index in [9.17, 15) is 18.0 Å². The van der Waals surface area contributed by atoms with E-state index in [4.69, 9.17) is 0 Å². The van der Waals surface area contributed by atoms with Crippen LogP contribution in [0.1, 0.15) is 55.0 Å². The molecule has 2 aromatic carbocycles. The van der Waals surface area contributed by atoms with Crippen molar-refractivity contribution in [1.29, 1.82) is 0 Å². The number of amides is 1. The Kier molecular flexibility index (Phi) is 8.43. The number of hydrogen-bond donors (Lipinski definition) is 2. The van der Waals surface area contributed by atoms with E-state index >= 15 is 0 Å². The summed E-state index contributed by atoms with van der Waals surface area (Å²) in [5.74, 6) is -2.59. The largest absolute Gasteiger partial charge is 0.361 e. The summed E-state index contributed by atoms with van der Waals surface area (Å²) in [6.07, 6.45) is 12.7. The van der Waals surface area contributed by atoms with Crippen LogP contribution in [-0.4, -0.2) is 68.0 Å². The molecule has 4 aromatic rings. The van der Waals surface area contributed by atoms with E-state index in [1.54, 1.807) is 12.3 Å². The lowest BCUT2D eigenvalue weighted by Gasteiger charge is -2.46. The summed E-state index contributed by atoms with van der Waals surface area (Å²) in [4.78, 5) is 25.9. The Morgan fingerprint density at radius 3 is 2.45 bits per heavy atom. The summed E-state index contributed by atoms with van der Waals surface area (Å²) in [5, 5.41) is 6.23. The number of fused-ring (bicyclic) bond motifs is 1. The zero-order valence-electron chi connectivity index (χ0n) is 23.4. The molecule has 2 aliphatic rings. The maximum Gasteiger partial charge on any atom is 0.226 e. The van der Waals surface area contributed by atoms with Gasteiger partial charge >= 0.3 is 0 Å². The minimum Gasteiger partial charge on any atom is -0.361 e. The molecule has 0 spiro atoms. The van der Waals surface area contributed by atoms with E-state index in [0.29, 0.717) is 25.6 Å². The maximum absolute atomic E-state index is 13.5. The number of piperidine rings is 2. The molecule has 2 N–H and O–H groups in total. The van der Waals surface area contributed by atoms with Crippen molar-refractivity contribution in [2.24, 2.45) is 0 Å². The van der Waals surface area contributed by atoms with Crippen molar-refractivity contribution in [3.05, 3.63) is 95.5 Å². The molecule has 2 fully saturated rings. The van der Waals surface area contributed by atoms with Gasteiger partial charge in [-0.1, -0.05) is 30.4 Å². The van der Waals surface area contributed by atoms with Gasteiger partial charge in [0.15, 0.2) is 17.5 Å². The molecule has 2 saturated heterocycles. The number of benzene rings is 2. The van der Waals surface area contributed by atoms with Crippen LogP contribution in [-0.2, 0) is 11.3 Å². The number of rotatable bonds is 8. The average molecular weight is 577 g/mol. The summed E-state index contributed by atoms with van der Waals surface area (Å²) in [7, 11) is 0. The third kappa shape index (κ3) is 6.15. The Morgan fingerprint density at radius 2 is 1.74 bits per heavy atom. The number of halogens is 3. The van der Waals surface area contributed by atoms with Crippen LogP contribution in [0.2, 0.25) is 0 Å². The van der Waals surface area contributed by atoms with Crippen molar-refractivity contribution in [2.75, 3.05) is 26.2 Å². The molecule has 4 heterocycles. The van der Waals surface area contributed by atoms with Crippen molar-refractivity contribution in [1.82, 2.24) is 29.9 Å². The van der Waals surface area contributed by atoms with Crippen molar-refractivity contribution in [2.45, 2.75) is 50.6 Å². The number of aromatic nitrogens is 3. The van der Waals surface area contributed by atoms with Crippen LogP contribution in [0.5, 0.6) is 0 Å². The highest BCUT2D eigenvalue weighted by atomic mass is 19.2. The zero-order valence-corrected chi connectivity index (χ0v) is 23.4. The van der Waals surface area contributed by atoms with Crippen molar-refractivity contribution < 1.29 is 18.0 Å². The Balaban J connectivity index is 1.06. The summed E-state index contributed by atoms with van der Waals surface area (Å²) in [6, 6.07) is 10.6. The number of nitrogens with zero attached hydrogens (tertiary/aromatic N) is 4. The fourth-order valence-corrected chi connectivity index (χ4v) is 6.37. The second-order valence-electron chi connectivity index (χ2n) is 11.2. The van der Waals surface area contributed by atoms with Gasteiger partial charge in [-0.25, -0.2) is 28.2 Å². The van der Waals surface area contributed by atoms with Gasteiger partial charge in [-0.3, -0.25) is 4.79 Å². The number of H-pyrrole nitrogens is 2.